The number of hydrogen-bond acceptors (Lipinski definition) is 7. The van der Waals surface area contributed by atoms with Gasteiger partial charge >= 0.3 is 4.93 Å². The van der Waals surface area contributed by atoms with E-state index in [1.807, 2.05) is 20.8 Å². The Balaban J connectivity index is 2.80. The van der Waals surface area contributed by atoms with Crippen molar-refractivity contribution >= 4 is 35.3 Å². The Kier molecular flexibility index (Phi) is 6.00. The molecule has 0 saturated heterocycles. The molecule has 0 aromatic carbocycles. The third kappa shape index (κ3) is 3.94. The van der Waals surface area contributed by atoms with Gasteiger partial charge < -0.3 is 0 Å². The molecule has 0 heterocycles. The summed E-state index contributed by atoms with van der Waals surface area (Å²) >= 11 is 4.42. The first-order valence-corrected chi connectivity index (χ1v) is 9.36. The Bertz CT molecular complexity index is 287. The van der Waals surface area contributed by atoms with E-state index in [2.05, 4.69) is 0 Å². The second-order valence-electron chi connectivity index (χ2n) is 3.03. The molecule has 0 atom stereocenters. The number of thioether (sulfide) groups is 3. The van der Waals surface area contributed by atoms with Crippen LogP contribution in [0.15, 0.2) is 9.81 Å². The Labute approximate surface area is 116 Å². The van der Waals surface area contributed by atoms with Crippen molar-refractivity contribution in [3.8, 4) is 0 Å². The molecule has 17 heavy (non-hydrogen) atoms. The molecule has 1 aliphatic carbocycles. The molecule has 0 amide bonds. The van der Waals surface area contributed by atoms with Gasteiger partial charge in [0.2, 0.25) is 0 Å². The predicted octanol–water partition coefficient (Wildman–Crippen LogP) is 0.0811. The smallest absolute Gasteiger partial charge is 0.183 e. The molecule has 1 rings (SSSR count). The highest BCUT2D eigenvalue weighted by Crippen LogP contribution is 2.64. The Hall–Kier alpha value is 0.920. The van der Waals surface area contributed by atoms with Crippen LogP contribution in [0.25, 0.3) is 0 Å². The van der Waals surface area contributed by atoms with E-state index in [9.17, 15) is 14.0 Å². The van der Waals surface area contributed by atoms with E-state index in [-0.39, 0.29) is 0 Å². The minimum absolute atomic E-state index is 0.687. The molecule has 0 bridgehead atoms. The van der Waals surface area contributed by atoms with Crippen LogP contribution >= 0.6 is 35.3 Å². The largest absolute Gasteiger partial charge is 0.332 e. The Morgan fingerprint density at radius 2 is 1.47 bits per heavy atom. The lowest BCUT2D eigenvalue weighted by atomic mass is 10.7. The highest BCUT2D eigenvalue weighted by atomic mass is 35.7. The van der Waals surface area contributed by atoms with Crippen LogP contribution in [0.1, 0.15) is 20.8 Å². The summed E-state index contributed by atoms with van der Waals surface area (Å²) in [5.74, 6) is 2.34. The van der Waals surface area contributed by atoms with E-state index in [1.54, 1.807) is 0 Å². The molecule has 0 aromatic heterocycles. The van der Waals surface area contributed by atoms with Crippen molar-refractivity contribution in [2.45, 2.75) is 25.7 Å². The van der Waals surface area contributed by atoms with E-state index in [0.717, 1.165) is 21.3 Å². The topological polar surface area (TPSA) is 78.4 Å². The first-order valence-electron chi connectivity index (χ1n) is 5.17. The monoisotopic (exact) mass is 318 g/mol. The number of rotatable bonds is 8. The Morgan fingerprint density at radius 3 is 1.76 bits per heavy atom. The van der Waals surface area contributed by atoms with Gasteiger partial charge in [0.05, 0.1) is 24.3 Å². The van der Waals surface area contributed by atoms with Crippen LogP contribution in [-0.2, 0) is 4.29 Å². The summed E-state index contributed by atoms with van der Waals surface area (Å²) in [6.45, 7) is 5.87. The molecule has 0 saturated carbocycles. The highest BCUT2D eigenvalue weighted by Gasteiger charge is 2.66. The summed E-state index contributed by atoms with van der Waals surface area (Å²) in [5, 5.41) is 0. The average Bonchev–Trinajstić information content (AvgIpc) is 2.72. The van der Waals surface area contributed by atoms with E-state index in [1.165, 1.54) is 35.3 Å². The molecular formula is C9H15ClO4S3. The summed E-state index contributed by atoms with van der Waals surface area (Å²) in [4.78, 5) is 0.745. The maximum atomic E-state index is 10.8. The zero-order valence-electron chi connectivity index (χ0n) is 9.86. The van der Waals surface area contributed by atoms with Crippen LogP contribution < -0.4 is 14.0 Å². The van der Waals surface area contributed by atoms with Crippen molar-refractivity contribution in [1.29, 1.82) is 0 Å². The summed E-state index contributed by atoms with van der Waals surface area (Å²) < 4.78 is 37.1. The second-order valence-corrected chi connectivity index (χ2v) is 7.93. The third-order valence-electron chi connectivity index (χ3n) is 1.87. The van der Waals surface area contributed by atoms with Crippen molar-refractivity contribution in [3.63, 3.8) is 0 Å². The molecule has 0 spiro atoms. The average molecular weight is 319 g/mol. The SMILES string of the molecule is CCSC1=C(SCC)C1(O[Cl+3]([O-])([O-])[O-])SCC. The maximum absolute atomic E-state index is 10.8. The molecule has 0 radical (unpaired) electrons. The van der Waals surface area contributed by atoms with Crippen LogP contribution in [0.3, 0.4) is 0 Å². The van der Waals surface area contributed by atoms with Gasteiger partial charge in [0.25, 0.3) is 0 Å². The molecular weight excluding hydrogens is 304 g/mol. The molecule has 8 heteroatoms. The van der Waals surface area contributed by atoms with Gasteiger partial charge in [-0.15, -0.1) is 23.5 Å². The van der Waals surface area contributed by atoms with E-state index < -0.39 is 15.2 Å². The second kappa shape index (κ2) is 6.38. The summed E-state index contributed by atoms with van der Waals surface area (Å²) in [7, 11) is -4.40. The summed E-state index contributed by atoms with van der Waals surface area (Å²) in [6, 6.07) is 0. The fraction of sp³-hybridized carbons (Fsp3) is 0.778. The highest BCUT2D eigenvalue weighted by molar-refractivity contribution is 8.12. The van der Waals surface area contributed by atoms with E-state index in [0.29, 0.717) is 5.75 Å². The molecule has 0 N–H and O–H groups in total. The van der Waals surface area contributed by atoms with Crippen molar-refractivity contribution in [1.82, 2.24) is 0 Å². The minimum Gasteiger partial charge on any atom is -0.183 e. The lowest BCUT2D eigenvalue weighted by Gasteiger charge is -2.19. The van der Waals surface area contributed by atoms with Crippen LogP contribution in [0.5, 0.6) is 0 Å². The standard InChI is InChI=1S/C9H15ClO4S3/c1-4-15-7-8(16-5-2)9(7,17-6-3)14-10(11,12)13/h4-6H2,1-3H3. The fourth-order valence-corrected chi connectivity index (χ4v) is 6.07. The maximum Gasteiger partial charge on any atom is 0.332 e. The van der Waals surface area contributed by atoms with Crippen LogP contribution in [0, 0.1) is 10.2 Å². The predicted molar refractivity (Wildman–Crippen MR) is 65.2 cm³/mol. The zero-order chi connectivity index (χ0) is 13.1. The lowest BCUT2D eigenvalue weighted by molar-refractivity contribution is -1.92. The van der Waals surface area contributed by atoms with Crippen molar-refractivity contribution in [2.24, 2.45) is 0 Å². The fourth-order valence-electron chi connectivity index (χ4n) is 1.38. The normalized spacial score (nSPS) is 18.7. The van der Waals surface area contributed by atoms with Crippen molar-refractivity contribution in [3.05, 3.63) is 9.81 Å². The molecule has 0 unspecified atom stereocenters. The lowest BCUT2D eigenvalue weighted by Crippen LogP contribution is -2.62. The van der Waals surface area contributed by atoms with Gasteiger partial charge in [-0.25, -0.2) is 0 Å². The van der Waals surface area contributed by atoms with Crippen LogP contribution in [0.4, 0.5) is 0 Å². The van der Waals surface area contributed by atoms with Gasteiger partial charge in [0, 0.05) is 0 Å². The molecule has 1 aliphatic rings. The van der Waals surface area contributed by atoms with Gasteiger partial charge in [-0.05, 0) is 17.3 Å². The van der Waals surface area contributed by atoms with Crippen LogP contribution in [-0.4, -0.2) is 22.2 Å². The van der Waals surface area contributed by atoms with Gasteiger partial charge in [-0.3, -0.25) is 0 Å². The number of hydrogen-bond donors (Lipinski definition) is 0. The van der Waals surface area contributed by atoms with Crippen LogP contribution in [0.2, 0.25) is 0 Å². The molecule has 0 aromatic rings. The molecule has 0 aliphatic heterocycles. The first kappa shape index (κ1) is 16.0. The molecule has 4 nitrogen and oxygen atoms in total. The molecule has 0 fully saturated rings. The minimum atomic E-state index is -4.40. The quantitative estimate of drug-likeness (QED) is 0.586. The van der Waals surface area contributed by atoms with Gasteiger partial charge in [-0.1, -0.05) is 32.5 Å². The molecule has 100 valence electrons. The van der Waals surface area contributed by atoms with Crippen molar-refractivity contribution in [2.75, 3.05) is 17.3 Å². The van der Waals surface area contributed by atoms with E-state index in [4.69, 9.17) is 4.29 Å². The Morgan fingerprint density at radius 1 is 1.00 bits per heavy atom. The van der Waals surface area contributed by atoms with E-state index >= 15 is 0 Å². The number of halogens is 1. The third-order valence-corrected chi connectivity index (χ3v) is 6.09. The van der Waals surface area contributed by atoms with Gasteiger partial charge in [0.1, 0.15) is 0 Å². The van der Waals surface area contributed by atoms with Gasteiger partial charge in [0.15, 0.2) is 0 Å². The summed E-state index contributed by atoms with van der Waals surface area (Å²) in [5.41, 5.74) is 0. The van der Waals surface area contributed by atoms with Gasteiger partial charge in [-0.2, -0.15) is 14.0 Å². The van der Waals surface area contributed by atoms with Crippen molar-refractivity contribution < 1.29 is 28.5 Å². The summed E-state index contributed by atoms with van der Waals surface area (Å²) in [6.07, 6.45) is 0. The zero-order valence-corrected chi connectivity index (χ0v) is 13.1. The first-order chi connectivity index (χ1) is 7.91.